The van der Waals surface area contributed by atoms with Crippen LogP contribution in [0.3, 0.4) is 0 Å². The molecule has 0 bridgehead atoms. The van der Waals surface area contributed by atoms with Gasteiger partial charge in [-0.25, -0.2) is 0 Å². The summed E-state index contributed by atoms with van der Waals surface area (Å²) in [4.78, 5) is 0. The number of halogens is 1. The van der Waals surface area contributed by atoms with Gasteiger partial charge in [-0.2, -0.15) is 0 Å². The second-order valence-corrected chi connectivity index (χ2v) is 5.73. The van der Waals surface area contributed by atoms with Gasteiger partial charge in [0.25, 0.3) is 0 Å². The second kappa shape index (κ2) is 10.4. The van der Waals surface area contributed by atoms with Gasteiger partial charge >= 0.3 is 0 Å². The van der Waals surface area contributed by atoms with E-state index in [4.69, 9.17) is 4.74 Å². The third-order valence-electron chi connectivity index (χ3n) is 3.24. The van der Waals surface area contributed by atoms with Crippen molar-refractivity contribution in [3.8, 4) is 0 Å². The quantitative estimate of drug-likeness (QED) is 0.645. The first-order valence-electron chi connectivity index (χ1n) is 7.31. The molecule has 1 aromatic rings. The van der Waals surface area contributed by atoms with Gasteiger partial charge in [0.05, 0.1) is 0 Å². The van der Waals surface area contributed by atoms with Gasteiger partial charge in [-0.1, -0.05) is 48.3 Å². The Morgan fingerprint density at radius 3 is 2.53 bits per heavy atom. The fraction of sp³-hybridized carbons (Fsp3) is 0.625. The topological polar surface area (TPSA) is 21.3 Å². The molecule has 0 saturated heterocycles. The highest BCUT2D eigenvalue weighted by atomic mass is 79.9. The van der Waals surface area contributed by atoms with Crippen LogP contribution in [-0.4, -0.2) is 26.3 Å². The lowest BCUT2D eigenvalue weighted by Gasteiger charge is -2.18. The average molecular weight is 328 g/mol. The first-order valence-corrected chi connectivity index (χ1v) is 8.11. The fourth-order valence-electron chi connectivity index (χ4n) is 2.01. The van der Waals surface area contributed by atoms with Crippen LogP contribution < -0.4 is 5.32 Å². The summed E-state index contributed by atoms with van der Waals surface area (Å²) in [5, 5.41) is 3.45. The molecule has 108 valence electrons. The summed E-state index contributed by atoms with van der Waals surface area (Å²) in [7, 11) is 0. The highest BCUT2D eigenvalue weighted by Crippen LogP contribution is 2.21. The Morgan fingerprint density at radius 1 is 1.16 bits per heavy atom. The molecular formula is C16H26BrNO. The van der Waals surface area contributed by atoms with E-state index in [0.29, 0.717) is 5.92 Å². The van der Waals surface area contributed by atoms with Gasteiger partial charge in [0.1, 0.15) is 0 Å². The number of benzene rings is 1. The molecule has 1 rings (SSSR count). The summed E-state index contributed by atoms with van der Waals surface area (Å²) in [5.74, 6) is 0.537. The molecule has 3 heteroatoms. The zero-order valence-corrected chi connectivity index (χ0v) is 13.7. The van der Waals surface area contributed by atoms with Gasteiger partial charge in [-0.15, -0.1) is 0 Å². The highest BCUT2D eigenvalue weighted by Gasteiger charge is 2.10. The van der Waals surface area contributed by atoms with Crippen molar-refractivity contribution in [3.05, 3.63) is 34.3 Å². The second-order valence-electron chi connectivity index (χ2n) is 4.81. The Bertz CT molecular complexity index is 326. The number of unbranched alkanes of at least 4 members (excludes halogenated alkanes) is 1. The fourth-order valence-corrected chi connectivity index (χ4v) is 2.28. The SMILES string of the molecule is CCCCOCCC(CNCC)c1ccc(Br)cc1. The van der Waals surface area contributed by atoms with Crippen LogP contribution in [0.2, 0.25) is 0 Å². The molecule has 0 fully saturated rings. The number of hydrogen-bond donors (Lipinski definition) is 1. The van der Waals surface area contributed by atoms with Crippen molar-refractivity contribution in [2.45, 2.75) is 39.0 Å². The summed E-state index contributed by atoms with van der Waals surface area (Å²) in [6, 6.07) is 8.65. The van der Waals surface area contributed by atoms with E-state index in [1.54, 1.807) is 0 Å². The molecule has 2 nitrogen and oxygen atoms in total. The van der Waals surface area contributed by atoms with Crippen molar-refractivity contribution in [2.24, 2.45) is 0 Å². The van der Waals surface area contributed by atoms with Gasteiger partial charge in [-0.05, 0) is 43.0 Å². The molecule has 0 aromatic heterocycles. The van der Waals surface area contributed by atoms with Crippen LogP contribution in [0.25, 0.3) is 0 Å². The first-order chi connectivity index (χ1) is 9.27. The molecule has 1 aromatic carbocycles. The maximum Gasteiger partial charge on any atom is 0.0472 e. The van der Waals surface area contributed by atoms with Crippen molar-refractivity contribution in [2.75, 3.05) is 26.3 Å². The van der Waals surface area contributed by atoms with Crippen molar-refractivity contribution < 1.29 is 4.74 Å². The predicted octanol–water partition coefficient (Wildman–Crippen LogP) is 4.35. The monoisotopic (exact) mass is 327 g/mol. The van der Waals surface area contributed by atoms with Crippen LogP contribution in [0.1, 0.15) is 44.6 Å². The molecule has 1 N–H and O–H groups in total. The summed E-state index contributed by atoms with van der Waals surface area (Å²) in [6.07, 6.45) is 3.45. The van der Waals surface area contributed by atoms with Crippen molar-refractivity contribution in [1.29, 1.82) is 0 Å². The Balaban J connectivity index is 2.44. The van der Waals surface area contributed by atoms with E-state index in [-0.39, 0.29) is 0 Å². The predicted molar refractivity (Wildman–Crippen MR) is 85.8 cm³/mol. The molecule has 0 saturated carbocycles. The summed E-state index contributed by atoms with van der Waals surface area (Å²) in [5.41, 5.74) is 1.39. The minimum absolute atomic E-state index is 0.537. The molecular weight excluding hydrogens is 302 g/mol. The molecule has 0 aliphatic heterocycles. The van der Waals surface area contributed by atoms with E-state index in [1.165, 1.54) is 12.0 Å². The Hall–Kier alpha value is -0.380. The molecule has 0 amide bonds. The van der Waals surface area contributed by atoms with Gasteiger partial charge in [0, 0.05) is 24.2 Å². The Morgan fingerprint density at radius 2 is 1.89 bits per heavy atom. The van der Waals surface area contributed by atoms with Crippen molar-refractivity contribution in [1.82, 2.24) is 5.32 Å². The zero-order valence-electron chi connectivity index (χ0n) is 12.1. The largest absolute Gasteiger partial charge is 0.381 e. The first kappa shape index (κ1) is 16.7. The number of rotatable bonds is 10. The van der Waals surface area contributed by atoms with E-state index in [1.807, 2.05) is 0 Å². The average Bonchev–Trinajstić information content (AvgIpc) is 2.43. The van der Waals surface area contributed by atoms with Crippen molar-refractivity contribution in [3.63, 3.8) is 0 Å². The minimum atomic E-state index is 0.537. The maximum atomic E-state index is 5.69. The van der Waals surface area contributed by atoms with Gasteiger partial charge in [-0.3, -0.25) is 0 Å². The maximum absolute atomic E-state index is 5.69. The van der Waals surface area contributed by atoms with E-state index in [0.717, 1.165) is 43.6 Å². The number of hydrogen-bond acceptors (Lipinski definition) is 2. The van der Waals surface area contributed by atoms with Crippen LogP contribution in [0.5, 0.6) is 0 Å². The molecule has 0 heterocycles. The van der Waals surface area contributed by atoms with Gasteiger partial charge < -0.3 is 10.1 Å². The number of nitrogens with one attached hydrogen (secondary N) is 1. The van der Waals surface area contributed by atoms with Crippen LogP contribution in [-0.2, 0) is 4.74 Å². The van der Waals surface area contributed by atoms with Gasteiger partial charge in [0.15, 0.2) is 0 Å². The summed E-state index contributed by atoms with van der Waals surface area (Å²) >= 11 is 3.49. The van der Waals surface area contributed by atoms with Crippen LogP contribution >= 0.6 is 15.9 Å². The number of ether oxygens (including phenoxy) is 1. The summed E-state index contributed by atoms with van der Waals surface area (Å²) in [6.45, 7) is 8.13. The standard InChI is InChI=1S/C16H26BrNO/c1-3-5-11-19-12-10-15(13-18-4-2)14-6-8-16(17)9-7-14/h6-9,15,18H,3-5,10-13H2,1-2H3. The van der Waals surface area contributed by atoms with E-state index < -0.39 is 0 Å². The minimum Gasteiger partial charge on any atom is -0.381 e. The van der Waals surface area contributed by atoms with E-state index >= 15 is 0 Å². The third-order valence-corrected chi connectivity index (χ3v) is 3.76. The molecule has 1 unspecified atom stereocenters. The lowest BCUT2D eigenvalue weighted by Crippen LogP contribution is -2.22. The smallest absolute Gasteiger partial charge is 0.0472 e. The lowest BCUT2D eigenvalue weighted by atomic mass is 9.96. The Labute approximate surface area is 126 Å². The van der Waals surface area contributed by atoms with Crippen LogP contribution in [0.15, 0.2) is 28.7 Å². The van der Waals surface area contributed by atoms with E-state index in [2.05, 4.69) is 59.4 Å². The molecule has 0 aliphatic carbocycles. The van der Waals surface area contributed by atoms with Crippen molar-refractivity contribution >= 4 is 15.9 Å². The zero-order chi connectivity index (χ0) is 13.9. The summed E-state index contributed by atoms with van der Waals surface area (Å²) < 4.78 is 6.83. The van der Waals surface area contributed by atoms with Crippen LogP contribution in [0, 0.1) is 0 Å². The van der Waals surface area contributed by atoms with E-state index in [9.17, 15) is 0 Å². The Kier molecular flexibility index (Phi) is 9.14. The highest BCUT2D eigenvalue weighted by molar-refractivity contribution is 9.10. The van der Waals surface area contributed by atoms with Gasteiger partial charge in [0.2, 0.25) is 0 Å². The molecule has 1 atom stereocenters. The molecule has 19 heavy (non-hydrogen) atoms. The normalized spacial score (nSPS) is 12.6. The lowest BCUT2D eigenvalue weighted by molar-refractivity contribution is 0.124. The third kappa shape index (κ3) is 7.09. The molecule has 0 radical (unpaired) electrons. The number of likely N-dealkylation sites (N-methyl/N-ethyl adjacent to an activating group) is 1. The molecule has 0 spiro atoms. The molecule has 0 aliphatic rings. The van der Waals surface area contributed by atoms with Crippen LogP contribution in [0.4, 0.5) is 0 Å².